The molecule has 1 aliphatic rings. The largest absolute Gasteiger partial charge is 0.392 e. The van der Waals surface area contributed by atoms with Crippen LogP contribution >= 0.6 is 11.6 Å². The lowest BCUT2D eigenvalue weighted by Gasteiger charge is -2.49. The van der Waals surface area contributed by atoms with Crippen LogP contribution in [0.5, 0.6) is 0 Å². The Kier molecular flexibility index (Phi) is 2.91. The summed E-state index contributed by atoms with van der Waals surface area (Å²) < 4.78 is 0. The van der Waals surface area contributed by atoms with Crippen molar-refractivity contribution in [3.05, 3.63) is 35.5 Å². The Morgan fingerprint density at radius 3 is 2.84 bits per heavy atom. The first-order chi connectivity index (χ1) is 9.00. The maximum absolute atomic E-state index is 9.80. The van der Waals surface area contributed by atoms with Gasteiger partial charge in [0.1, 0.15) is 0 Å². The summed E-state index contributed by atoms with van der Waals surface area (Å²) in [6.45, 7) is 4.15. The summed E-state index contributed by atoms with van der Waals surface area (Å²) in [6, 6.07) is 7.95. The van der Waals surface area contributed by atoms with Gasteiger partial charge >= 0.3 is 0 Å². The molecule has 4 heteroatoms. The van der Waals surface area contributed by atoms with E-state index in [1.54, 1.807) is 6.20 Å². The van der Waals surface area contributed by atoms with Crippen molar-refractivity contribution >= 4 is 28.2 Å². The Morgan fingerprint density at radius 2 is 2.16 bits per heavy atom. The number of benzene rings is 1. The summed E-state index contributed by atoms with van der Waals surface area (Å²) in [5, 5.41) is 15.0. The summed E-state index contributed by atoms with van der Waals surface area (Å²) in [7, 11) is 0. The van der Waals surface area contributed by atoms with E-state index in [0.29, 0.717) is 5.02 Å². The molecule has 2 unspecified atom stereocenters. The van der Waals surface area contributed by atoms with E-state index in [1.165, 1.54) is 0 Å². The average molecular weight is 277 g/mol. The zero-order valence-electron chi connectivity index (χ0n) is 11.0. The van der Waals surface area contributed by atoms with Gasteiger partial charge in [-0.15, -0.1) is 0 Å². The second-order valence-corrected chi connectivity index (χ2v) is 6.17. The molecule has 2 aromatic rings. The van der Waals surface area contributed by atoms with Gasteiger partial charge in [-0.3, -0.25) is 4.98 Å². The third kappa shape index (κ3) is 1.97. The minimum absolute atomic E-state index is 0.110. The molecule has 0 bridgehead atoms. The standard InChI is InChI=1S/C15H17ClN2O/c1-15(2)12(8-13(15)19)18-11-6-5-10(16)9-4-3-7-17-14(9)11/h3-7,12-13,18-19H,8H2,1-2H3. The van der Waals surface area contributed by atoms with Crippen LogP contribution < -0.4 is 5.32 Å². The van der Waals surface area contributed by atoms with E-state index in [2.05, 4.69) is 24.1 Å². The van der Waals surface area contributed by atoms with Crippen LogP contribution in [0.4, 0.5) is 5.69 Å². The summed E-state index contributed by atoms with van der Waals surface area (Å²) in [5.74, 6) is 0. The van der Waals surface area contributed by atoms with Crippen molar-refractivity contribution in [2.45, 2.75) is 32.4 Å². The monoisotopic (exact) mass is 276 g/mol. The third-order valence-corrected chi connectivity index (χ3v) is 4.59. The predicted molar refractivity (Wildman–Crippen MR) is 78.6 cm³/mol. The Hall–Kier alpha value is -1.32. The maximum Gasteiger partial charge on any atom is 0.0948 e. The van der Waals surface area contributed by atoms with Gasteiger partial charge < -0.3 is 10.4 Å². The number of aromatic nitrogens is 1. The molecule has 1 aromatic carbocycles. The molecule has 1 saturated carbocycles. The molecule has 0 spiro atoms. The molecule has 0 amide bonds. The smallest absolute Gasteiger partial charge is 0.0948 e. The van der Waals surface area contributed by atoms with E-state index in [9.17, 15) is 5.11 Å². The van der Waals surface area contributed by atoms with E-state index < -0.39 is 0 Å². The number of aliphatic hydroxyl groups is 1. The zero-order chi connectivity index (χ0) is 13.6. The van der Waals surface area contributed by atoms with Gasteiger partial charge in [-0.05, 0) is 30.7 Å². The van der Waals surface area contributed by atoms with Crippen LogP contribution in [-0.2, 0) is 0 Å². The molecule has 1 aliphatic carbocycles. The fourth-order valence-electron chi connectivity index (χ4n) is 2.59. The fraction of sp³-hybridized carbons (Fsp3) is 0.400. The van der Waals surface area contributed by atoms with Gasteiger partial charge in [0.15, 0.2) is 0 Å². The highest BCUT2D eigenvalue weighted by Crippen LogP contribution is 2.43. The number of hydrogen-bond donors (Lipinski definition) is 2. The van der Waals surface area contributed by atoms with Gasteiger partial charge in [-0.1, -0.05) is 25.4 Å². The van der Waals surface area contributed by atoms with Crippen molar-refractivity contribution in [1.82, 2.24) is 4.98 Å². The topological polar surface area (TPSA) is 45.1 Å². The molecule has 3 nitrogen and oxygen atoms in total. The van der Waals surface area contributed by atoms with E-state index >= 15 is 0 Å². The van der Waals surface area contributed by atoms with Crippen molar-refractivity contribution in [1.29, 1.82) is 0 Å². The Balaban J connectivity index is 1.97. The van der Waals surface area contributed by atoms with E-state index in [1.807, 2.05) is 24.3 Å². The van der Waals surface area contributed by atoms with Crippen LogP contribution in [0.3, 0.4) is 0 Å². The predicted octanol–water partition coefficient (Wildman–Crippen LogP) is 3.46. The molecule has 3 rings (SSSR count). The van der Waals surface area contributed by atoms with Crippen LogP contribution in [0.25, 0.3) is 10.9 Å². The van der Waals surface area contributed by atoms with Gasteiger partial charge in [0.05, 0.1) is 22.3 Å². The third-order valence-electron chi connectivity index (χ3n) is 4.26. The maximum atomic E-state index is 9.80. The lowest BCUT2D eigenvalue weighted by molar-refractivity contribution is -0.0510. The number of aliphatic hydroxyl groups excluding tert-OH is 1. The number of halogens is 1. The molecule has 0 radical (unpaired) electrons. The van der Waals surface area contributed by atoms with Crippen molar-refractivity contribution in [2.24, 2.45) is 5.41 Å². The van der Waals surface area contributed by atoms with Crippen molar-refractivity contribution < 1.29 is 5.11 Å². The summed E-state index contributed by atoms with van der Waals surface area (Å²) >= 11 is 6.18. The Morgan fingerprint density at radius 1 is 1.37 bits per heavy atom. The van der Waals surface area contributed by atoms with Gasteiger partial charge in [0.25, 0.3) is 0 Å². The first-order valence-electron chi connectivity index (χ1n) is 6.48. The molecule has 1 aromatic heterocycles. The first kappa shape index (κ1) is 12.7. The summed E-state index contributed by atoms with van der Waals surface area (Å²) in [4.78, 5) is 4.41. The Labute approximate surface area is 117 Å². The van der Waals surface area contributed by atoms with Crippen LogP contribution in [0.2, 0.25) is 5.02 Å². The summed E-state index contributed by atoms with van der Waals surface area (Å²) in [6.07, 6.45) is 2.30. The molecule has 0 aliphatic heterocycles. The second kappa shape index (κ2) is 4.36. The number of anilines is 1. The van der Waals surface area contributed by atoms with Crippen LogP contribution in [0.1, 0.15) is 20.3 Å². The number of rotatable bonds is 2. The van der Waals surface area contributed by atoms with Crippen molar-refractivity contribution in [3.63, 3.8) is 0 Å². The molecule has 100 valence electrons. The number of hydrogen-bond acceptors (Lipinski definition) is 3. The van der Waals surface area contributed by atoms with Crippen molar-refractivity contribution in [3.8, 4) is 0 Å². The highest BCUT2D eigenvalue weighted by molar-refractivity contribution is 6.35. The van der Waals surface area contributed by atoms with Crippen LogP contribution in [-0.4, -0.2) is 22.2 Å². The molecule has 1 fully saturated rings. The lowest BCUT2D eigenvalue weighted by Crippen LogP contribution is -2.56. The zero-order valence-corrected chi connectivity index (χ0v) is 11.8. The molecule has 2 N–H and O–H groups in total. The number of nitrogens with one attached hydrogen (secondary N) is 1. The lowest BCUT2D eigenvalue weighted by atomic mass is 9.64. The molecule has 2 atom stereocenters. The van der Waals surface area contributed by atoms with Crippen LogP contribution in [0, 0.1) is 5.41 Å². The van der Waals surface area contributed by atoms with Crippen molar-refractivity contribution in [2.75, 3.05) is 5.32 Å². The molecule has 0 saturated heterocycles. The molecular weight excluding hydrogens is 260 g/mol. The van der Waals surface area contributed by atoms with Crippen LogP contribution in [0.15, 0.2) is 30.5 Å². The van der Waals surface area contributed by atoms with E-state index in [4.69, 9.17) is 11.6 Å². The molecule has 19 heavy (non-hydrogen) atoms. The quantitative estimate of drug-likeness (QED) is 0.883. The van der Waals surface area contributed by atoms with E-state index in [0.717, 1.165) is 23.0 Å². The highest BCUT2D eigenvalue weighted by Gasteiger charge is 2.47. The minimum Gasteiger partial charge on any atom is -0.392 e. The molecular formula is C15H17ClN2O. The van der Waals surface area contributed by atoms with Gasteiger partial charge in [0.2, 0.25) is 0 Å². The van der Waals surface area contributed by atoms with Gasteiger partial charge in [0, 0.05) is 23.0 Å². The number of pyridine rings is 1. The normalized spacial score (nSPS) is 25.1. The minimum atomic E-state index is -0.239. The molecule has 1 heterocycles. The Bertz CT molecular complexity index is 627. The van der Waals surface area contributed by atoms with Gasteiger partial charge in [-0.2, -0.15) is 0 Å². The second-order valence-electron chi connectivity index (χ2n) is 5.76. The summed E-state index contributed by atoms with van der Waals surface area (Å²) in [5.41, 5.74) is 1.75. The first-order valence-corrected chi connectivity index (χ1v) is 6.86. The SMILES string of the molecule is CC1(C)C(O)CC1Nc1ccc(Cl)c2cccnc12. The number of fused-ring (bicyclic) bond motifs is 1. The van der Waals surface area contributed by atoms with Gasteiger partial charge in [-0.25, -0.2) is 0 Å². The average Bonchev–Trinajstić information content (AvgIpc) is 2.41. The number of nitrogens with zero attached hydrogens (tertiary/aromatic N) is 1. The van der Waals surface area contributed by atoms with E-state index in [-0.39, 0.29) is 17.6 Å². The fourth-order valence-corrected chi connectivity index (χ4v) is 2.80. The highest BCUT2D eigenvalue weighted by atomic mass is 35.5.